The first kappa shape index (κ1) is 17.6. The number of fused-ring (bicyclic) bond motifs is 3. The highest BCUT2D eigenvalue weighted by Gasteiger charge is 2.27. The van der Waals surface area contributed by atoms with E-state index in [1.165, 1.54) is 38.4 Å². The Morgan fingerprint density at radius 1 is 0.607 bits per heavy atom. The second kappa shape index (κ2) is 7.17. The molecule has 0 saturated carbocycles. The van der Waals surface area contributed by atoms with E-state index in [-0.39, 0.29) is 0 Å². The molecule has 0 spiro atoms. The monoisotopic (exact) mass is 396 g/mol. The summed E-state index contributed by atoms with van der Waals surface area (Å²) in [4.78, 5) is 0. The fraction of sp³-hybridized carbons (Fsp3) is 0.0769. The van der Waals surface area contributed by atoms with Gasteiger partial charge in [0.2, 0.25) is 0 Å². The van der Waals surface area contributed by atoms with Crippen molar-refractivity contribution in [1.82, 2.24) is 0 Å². The molecule has 1 aliphatic carbocycles. The lowest BCUT2D eigenvalue weighted by Crippen LogP contribution is -2.17. The summed E-state index contributed by atoms with van der Waals surface area (Å²) in [5.41, 5.74) is 7.06. The van der Waals surface area contributed by atoms with Gasteiger partial charge in [0, 0.05) is 12.2 Å². The highest BCUT2D eigenvalue weighted by Crippen LogP contribution is 2.49. The van der Waals surface area contributed by atoms with Crippen molar-refractivity contribution in [3.8, 4) is 11.1 Å². The lowest BCUT2D eigenvalue weighted by Gasteiger charge is -2.25. The van der Waals surface area contributed by atoms with Gasteiger partial charge in [-0.25, -0.2) is 0 Å². The van der Waals surface area contributed by atoms with Crippen LogP contribution < -0.4 is 10.6 Å². The molecule has 1 aliphatic rings. The molecule has 5 rings (SSSR count). The topological polar surface area (TPSA) is 0 Å². The number of hydrogen-bond acceptors (Lipinski definition) is 1. The van der Waals surface area contributed by atoms with Gasteiger partial charge >= 0.3 is 0 Å². The molecule has 0 aromatic heterocycles. The molecule has 136 valence electrons. The minimum atomic E-state index is -1.94. The number of hydrogen-bond donors (Lipinski definition) is 0. The summed E-state index contributed by atoms with van der Waals surface area (Å²) in [6.45, 7) is 0. The van der Waals surface area contributed by atoms with Crippen LogP contribution in [0.5, 0.6) is 0 Å². The molecular formula is C26H21PS. The summed E-state index contributed by atoms with van der Waals surface area (Å²) < 4.78 is 0. The van der Waals surface area contributed by atoms with Crippen LogP contribution in [0.15, 0.2) is 103 Å². The van der Waals surface area contributed by atoms with Crippen LogP contribution in [0.1, 0.15) is 16.7 Å². The molecule has 2 heteroatoms. The molecule has 0 unspecified atom stereocenters. The van der Waals surface area contributed by atoms with Crippen LogP contribution in [0.4, 0.5) is 0 Å². The van der Waals surface area contributed by atoms with E-state index in [0.29, 0.717) is 0 Å². The molecule has 0 bridgehead atoms. The summed E-state index contributed by atoms with van der Waals surface area (Å²) >= 11 is 6.49. The van der Waals surface area contributed by atoms with Crippen LogP contribution >= 0.6 is 6.04 Å². The minimum absolute atomic E-state index is 0.924. The molecule has 0 fully saturated rings. The Morgan fingerprint density at radius 3 is 1.86 bits per heavy atom. The quantitative estimate of drug-likeness (QED) is 0.342. The third-order valence-electron chi connectivity index (χ3n) is 5.69. The Kier molecular flexibility index (Phi) is 4.51. The third kappa shape index (κ3) is 2.96. The molecule has 0 N–H and O–H groups in total. The standard InChI is InChI=1S/C26H21PS/c28-27(22-12-3-1-4-13-22,23-14-5-2-6-15-23)19-21-11-9-17-25-24-16-8-7-10-20(24)18-26(21)25/h1-17H,18-19H2. The molecule has 0 atom stereocenters. The molecule has 0 saturated heterocycles. The van der Waals surface area contributed by atoms with Gasteiger partial charge in [-0.05, 0) is 44.8 Å². The van der Waals surface area contributed by atoms with Crippen LogP contribution in [0.2, 0.25) is 0 Å². The molecule has 0 nitrogen and oxygen atoms in total. The van der Waals surface area contributed by atoms with E-state index < -0.39 is 6.04 Å². The van der Waals surface area contributed by atoms with E-state index in [1.807, 2.05) is 0 Å². The molecular weight excluding hydrogens is 375 g/mol. The average molecular weight is 396 g/mol. The summed E-state index contributed by atoms with van der Waals surface area (Å²) in [6.07, 6.45) is 1.94. The minimum Gasteiger partial charge on any atom is -0.0873 e. The first-order valence-corrected chi connectivity index (χ1v) is 12.6. The summed E-state index contributed by atoms with van der Waals surface area (Å²) in [7, 11) is 0. The number of benzene rings is 4. The van der Waals surface area contributed by atoms with Crippen LogP contribution in [0.25, 0.3) is 11.1 Å². The van der Waals surface area contributed by atoms with Gasteiger partial charge in [-0.2, -0.15) is 0 Å². The van der Waals surface area contributed by atoms with Gasteiger partial charge in [-0.1, -0.05) is 115 Å². The molecule has 0 radical (unpaired) electrons. The van der Waals surface area contributed by atoms with Crippen molar-refractivity contribution < 1.29 is 0 Å². The Bertz CT molecular complexity index is 1140. The van der Waals surface area contributed by atoms with Crippen LogP contribution in [0, 0.1) is 0 Å². The zero-order valence-electron chi connectivity index (χ0n) is 15.6. The van der Waals surface area contributed by atoms with Gasteiger partial charge in [-0.15, -0.1) is 0 Å². The third-order valence-corrected chi connectivity index (χ3v) is 10.4. The van der Waals surface area contributed by atoms with Gasteiger partial charge in [0.25, 0.3) is 0 Å². The van der Waals surface area contributed by atoms with Gasteiger partial charge < -0.3 is 0 Å². The fourth-order valence-electron chi connectivity index (χ4n) is 4.28. The Balaban J connectivity index is 1.64. The zero-order chi connectivity index (χ0) is 19.0. The van der Waals surface area contributed by atoms with Crippen molar-refractivity contribution in [3.05, 3.63) is 120 Å². The second-order valence-electron chi connectivity index (χ2n) is 7.35. The molecule has 28 heavy (non-hydrogen) atoms. The smallest absolute Gasteiger partial charge is 0.0148 e. The Hall–Kier alpha value is -2.47. The Labute approximate surface area is 171 Å². The maximum Gasteiger partial charge on any atom is 0.0148 e. The maximum atomic E-state index is 6.49. The van der Waals surface area contributed by atoms with E-state index in [2.05, 4.69) is 103 Å². The second-order valence-corrected chi connectivity index (χ2v) is 12.0. The van der Waals surface area contributed by atoms with Crippen molar-refractivity contribution in [2.45, 2.75) is 12.6 Å². The normalized spacial score (nSPS) is 12.4. The summed E-state index contributed by atoms with van der Waals surface area (Å²) in [5, 5.41) is 2.59. The molecule has 4 aromatic carbocycles. The maximum absolute atomic E-state index is 6.49. The van der Waals surface area contributed by atoms with Crippen molar-refractivity contribution in [2.24, 2.45) is 0 Å². The van der Waals surface area contributed by atoms with Crippen LogP contribution in [-0.4, -0.2) is 0 Å². The molecule has 0 aliphatic heterocycles. The SMILES string of the molecule is S=P(Cc1cccc2c1Cc1ccccc1-2)(c1ccccc1)c1ccccc1. The van der Waals surface area contributed by atoms with Crippen molar-refractivity contribution >= 4 is 28.5 Å². The van der Waals surface area contributed by atoms with Crippen LogP contribution in [-0.2, 0) is 24.4 Å². The van der Waals surface area contributed by atoms with Crippen LogP contribution in [0.3, 0.4) is 0 Å². The largest absolute Gasteiger partial charge is 0.0873 e. The van der Waals surface area contributed by atoms with Crippen molar-refractivity contribution in [2.75, 3.05) is 0 Å². The van der Waals surface area contributed by atoms with E-state index in [1.54, 1.807) is 0 Å². The molecule has 0 heterocycles. The zero-order valence-corrected chi connectivity index (χ0v) is 17.3. The molecule has 0 amide bonds. The van der Waals surface area contributed by atoms with Gasteiger partial charge in [0.15, 0.2) is 0 Å². The summed E-state index contributed by atoms with van der Waals surface area (Å²) in [5.74, 6) is 0. The molecule has 4 aromatic rings. The highest BCUT2D eigenvalue weighted by atomic mass is 32.4. The van der Waals surface area contributed by atoms with Gasteiger partial charge in [-0.3, -0.25) is 0 Å². The van der Waals surface area contributed by atoms with Crippen molar-refractivity contribution in [1.29, 1.82) is 0 Å². The van der Waals surface area contributed by atoms with E-state index >= 15 is 0 Å². The average Bonchev–Trinajstić information content (AvgIpc) is 3.15. The highest BCUT2D eigenvalue weighted by molar-refractivity contribution is 8.21. The van der Waals surface area contributed by atoms with E-state index in [4.69, 9.17) is 11.8 Å². The lowest BCUT2D eigenvalue weighted by molar-refractivity contribution is 1.20. The summed E-state index contributed by atoms with van der Waals surface area (Å²) in [6, 6.07) is 35.1. The number of rotatable bonds is 4. The predicted molar refractivity (Wildman–Crippen MR) is 125 cm³/mol. The van der Waals surface area contributed by atoms with E-state index in [0.717, 1.165) is 12.6 Å². The van der Waals surface area contributed by atoms with Gasteiger partial charge in [0.05, 0.1) is 0 Å². The van der Waals surface area contributed by atoms with E-state index in [9.17, 15) is 0 Å². The van der Waals surface area contributed by atoms with Gasteiger partial charge in [0.1, 0.15) is 0 Å². The predicted octanol–water partition coefficient (Wildman–Crippen LogP) is 5.89. The first-order chi connectivity index (χ1) is 13.8. The van der Waals surface area contributed by atoms with Crippen molar-refractivity contribution in [3.63, 3.8) is 0 Å². The fourth-order valence-corrected chi connectivity index (χ4v) is 8.18. The lowest BCUT2D eigenvalue weighted by atomic mass is 10.0. The Morgan fingerprint density at radius 2 is 1.18 bits per heavy atom. The first-order valence-electron chi connectivity index (χ1n) is 9.65.